The molecule has 1 saturated carbocycles. The summed E-state index contributed by atoms with van der Waals surface area (Å²) < 4.78 is 19.4. The second-order valence-electron chi connectivity index (χ2n) is 8.27. The quantitative estimate of drug-likeness (QED) is 0.823. The van der Waals surface area contributed by atoms with Crippen LogP contribution in [-0.4, -0.2) is 40.1 Å². The fraction of sp³-hybridized carbons (Fsp3) is 0.500. The third-order valence-corrected chi connectivity index (χ3v) is 6.27. The number of benzene rings is 1. The fourth-order valence-electron chi connectivity index (χ4n) is 4.67. The number of hydrogen-bond acceptors (Lipinski definition) is 4. The number of carbonyl (C=O) groups excluding carboxylic acids is 1. The van der Waals surface area contributed by atoms with Crippen molar-refractivity contribution in [2.45, 2.75) is 44.9 Å². The van der Waals surface area contributed by atoms with Gasteiger partial charge in [0, 0.05) is 37.1 Å². The zero-order valence-electron chi connectivity index (χ0n) is 16.3. The molecule has 4 rings (SSSR count). The largest absolute Gasteiger partial charge is 0.481 e. The molecule has 1 amide bonds. The van der Waals surface area contributed by atoms with E-state index in [2.05, 4.69) is 5.16 Å². The van der Waals surface area contributed by atoms with Gasteiger partial charge in [-0.2, -0.15) is 0 Å². The Bertz CT molecular complexity index is 906. The number of carboxylic acids is 1. The highest BCUT2D eigenvalue weighted by Crippen LogP contribution is 2.37. The molecule has 29 heavy (non-hydrogen) atoms. The van der Waals surface area contributed by atoms with Crippen molar-refractivity contribution in [1.29, 1.82) is 0 Å². The highest BCUT2D eigenvalue weighted by molar-refractivity contribution is 5.81. The maximum absolute atomic E-state index is 14.0. The molecule has 2 aliphatic rings. The van der Waals surface area contributed by atoms with E-state index in [0.29, 0.717) is 36.4 Å². The Morgan fingerprint density at radius 3 is 2.72 bits per heavy atom. The zero-order chi connectivity index (χ0) is 20.4. The molecule has 2 fully saturated rings. The van der Waals surface area contributed by atoms with Crippen LogP contribution < -0.4 is 0 Å². The third-order valence-electron chi connectivity index (χ3n) is 6.27. The summed E-state index contributed by atoms with van der Waals surface area (Å²) in [5.41, 5.74) is -0.458. The molecule has 1 aromatic heterocycles. The van der Waals surface area contributed by atoms with E-state index in [1.165, 1.54) is 6.07 Å². The molecule has 0 unspecified atom stereocenters. The monoisotopic (exact) mass is 400 g/mol. The number of piperidine rings is 1. The molecule has 6 nitrogen and oxygen atoms in total. The van der Waals surface area contributed by atoms with E-state index in [-0.39, 0.29) is 24.8 Å². The van der Waals surface area contributed by atoms with E-state index in [9.17, 15) is 19.1 Å². The van der Waals surface area contributed by atoms with Crippen LogP contribution in [0.4, 0.5) is 4.39 Å². The number of rotatable bonds is 5. The average molecular weight is 400 g/mol. The van der Waals surface area contributed by atoms with E-state index >= 15 is 0 Å². The summed E-state index contributed by atoms with van der Waals surface area (Å²) in [6.45, 7) is 0.772. The van der Waals surface area contributed by atoms with Gasteiger partial charge in [-0.3, -0.25) is 9.59 Å². The molecular formula is C22H25FN2O4. The molecule has 2 aromatic rings. The van der Waals surface area contributed by atoms with Crippen LogP contribution in [0.1, 0.15) is 44.3 Å². The Balaban J connectivity index is 1.54. The highest BCUT2D eigenvalue weighted by atomic mass is 19.1. The van der Waals surface area contributed by atoms with Gasteiger partial charge in [-0.25, -0.2) is 4.39 Å². The van der Waals surface area contributed by atoms with E-state index in [1.807, 2.05) is 0 Å². The molecule has 1 N–H and O–H groups in total. The molecular weight excluding hydrogens is 375 g/mol. The predicted molar refractivity (Wildman–Crippen MR) is 103 cm³/mol. The lowest BCUT2D eigenvalue weighted by atomic mass is 9.76. The van der Waals surface area contributed by atoms with Crippen LogP contribution in [-0.2, 0) is 16.0 Å². The number of amides is 1. The summed E-state index contributed by atoms with van der Waals surface area (Å²) in [7, 11) is 0. The molecule has 1 saturated heterocycles. The summed E-state index contributed by atoms with van der Waals surface area (Å²) in [4.78, 5) is 26.8. The Labute approximate surface area is 168 Å². The second-order valence-corrected chi connectivity index (χ2v) is 8.27. The number of aliphatic carboxylic acids is 1. The second kappa shape index (κ2) is 7.97. The first-order chi connectivity index (χ1) is 14.0. The van der Waals surface area contributed by atoms with Crippen LogP contribution in [0, 0.1) is 17.2 Å². The highest BCUT2D eigenvalue weighted by Gasteiger charge is 2.45. The van der Waals surface area contributed by atoms with Gasteiger partial charge in [-0.05, 0) is 37.8 Å². The van der Waals surface area contributed by atoms with Gasteiger partial charge in [0.15, 0.2) is 0 Å². The van der Waals surface area contributed by atoms with Gasteiger partial charge in [0.1, 0.15) is 17.3 Å². The minimum absolute atomic E-state index is 0.0255. The van der Waals surface area contributed by atoms with Crippen LogP contribution in [0.3, 0.4) is 0 Å². The molecule has 1 aliphatic carbocycles. The van der Waals surface area contributed by atoms with Crippen molar-refractivity contribution in [3.8, 4) is 11.3 Å². The Hall–Kier alpha value is -2.70. The summed E-state index contributed by atoms with van der Waals surface area (Å²) in [6.07, 6.45) is 5.13. The molecule has 1 aromatic carbocycles. The van der Waals surface area contributed by atoms with Crippen LogP contribution in [0.5, 0.6) is 0 Å². The number of aromatic nitrogens is 1. The fourth-order valence-corrected chi connectivity index (χ4v) is 4.67. The van der Waals surface area contributed by atoms with Crippen molar-refractivity contribution in [2.24, 2.45) is 11.3 Å². The summed E-state index contributed by atoms with van der Waals surface area (Å²) in [5.74, 6) is -0.854. The van der Waals surface area contributed by atoms with Crippen molar-refractivity contribution in [3.63, 3.8) is 0 Å². The van der Waals surface area contributed by atoms with Gasteiger partial charge < -0.3 is 14.5 Å². The van der Waals surface area contributed by atoms with Crippen LogP contribution >= 0.6 is 0 Å². The SMILES string of the molecule is O=C(C1CCCC1)N1CCC[C@@](Cc2cc(-c3ccccc3F)no2)(C(=O)O)C1. The van der Waals surface area contributed by atoms with Crippen molar-refractivity contribution >= 4 is 11.9 Å². The predicted octanol–water partition coefficient (Wildman–Crippen LogP) is 3.91. The lowest BCUT2D eigenvalue weighted by Gasteiger charge is -2.40. The number of halogens is 1. The molecule has 154 valence electrons. The summed E-state index contributed by atoms with van der Waals surface area (Å²) in [5, 5.41) is 14.0. The minimum atomic E-state index is -1.11. The molecule has 1 atom stereocenters. The first-order valence-corrected chi connectivity index (χ1v) is 10.2. The number of carbonyl (C=O) groups is 2. The Morgan fingerprint density at radius 1 is 1.24 bits per heavy atom. The molecule has 0 spiro atoms. The van der Waals surface area contributed by atoms with Crippen LogP contribution in [0.25, 0.3) is 11.3 Å². The van der Waals surface area contributed by atoms with Crippen LogP contribution in [0.2, 0.25) is 0 Å². The van der Waals surface area contributed by atoms with E-state index in [4.69, 9.17) is 4.52 Å². The van der Waals surface area contributed by atoms with Crippen LogP contribution in [0.15, 0.2) is 34.9 Å². The van der Waals surface area contributed by atoms with E-state index in [1.54, 1.807) is 29.2 Å². The lowest BCUT2D eigenvalue weighted by molar-refractivity contribution is -0.156. The number of carboxylic acid groups (broad SMARTS) is 1. The van der Waals surface area contributed by atoms with E-state index < -0.39 is 17.2 Å². The number of nitrogens with zero attached hydrogens (tertiary/aromatic N) is 2. The maximum Gasteiger partial charge on any atom is 0.311 e. The normalized spacial score (nSPS) is 22.7. The number of likely N-dealkylation sites (tertiary alicyclic amines) is 1. The van der Waals surface area contributed by atoms with Crippen molar-refractivity contribution in [2.75, 3.05) is 13.1 Å². The lowest BCUT2D eigenvalue weighted by Crippen LogP contribution is -2.52. The molecule has 0 radical (unpaired) electrons. The van der Waals surface area contributed by atoms with Gasteiger partial charge in [0.05, 0.1) is 5.41 Å². The maximum atomic E-state index is 14.0. The zero-order valence-corrected chi connectivity index (χ0v) is 16.3. The molecule has 7 heteroatoms. The standard InChI is InChI=1S/C22H25FN2O4/c23-18-9-4-3-8-17(18)19-12-16(29-24-19)13-22(21(27)28)10-5-11-25(14-22)20(26)15-6-1-2-7-15/h3-4,8-9,12,15H,1-2,5-7,10-11,13-14H2,(H,27,28)/t22-/m0/s1. The Morgan fingerprint density at radius 2 is 2.00 bits per heavy atom. The van der Waals surface area contributed by atoms with Gasteiger partial charge in [-0.1, -0.05) is 30.1 Å². The first kappa shape index (κ1) is 19.6. The molecule has 0 bridgehead atoms. The average Bonchev–Trinajstić information content (AvgIpc) is 3.40. The third kappa shape index (κ3) is 3.91. The van der Waals surface area contributed by atoms with Crippen molar-refractivity contribution < 1.29 is 23.6 Å². The first-order valence-electron chi connectivity index (χ1n) is 10.2. The van der Waals surface area contributed by atoms with Crippen molar-refractivity contribution in [3.05, 3.63) is 41.9 Å². The number of hydrogen-bond donors (Lipinski definition) is 1. The minimum Gasteiger partial charge on any atom is -0.481 e. The smallest absolute Gasteiger partial charge is 0.311 e. The summed E-state index contributed by atoms with van der Waals surface area (Å²) >= 11 is 0. The molecule has 1 aliphatic heterocycles. The summed E-state index contributed by atoms with van der Waals surface area (Å²) in [6, 6.07) is 7.85. The topological polar surface area (TPSA) is 83.6 Å². The molecule has 2 heterocycles. The Kier molecular flexibility index (Phi) is 5.39. The van der Waals surface area contributed by atoms with E-state index in [0.717, 1.165) is 25.7 Å². The van der Waals surface area contributed by atoms with Gasteiger partial charge in [0.2, 0.25) is 5.91 Å². The van der Waals surface area contributed by atoms with Gasteiger partial charge in [0.25, 0.3) is 0 Å². The van der Waals surface area contributed by atoms with Gasteiger partial charge >= 0.3 is 5.97 Å². The van der Waals surface area contributed by atoms with Gasteiger partial charge in [-0.15, -0.1) is 0 Å². The van der Waals surface area contributed by atoms with Crippen molar-refractivity contribution in [1.82, 2.24) is 10.1 Å².